The summed E-state index contributed by atoms with van der Waals surface area (Å²) in [5.41, 5.74) is 0. The lowest BCUT2D eigenvalue weighted by atomic mass is 9.96. The second-order valence-electron chi connectivity index (χ2n) is 11.6. The van der Waals surface area contributed by atoms with Gasteiger partial charge in [-0.3, -0.25) is 4.79 Å². The quantitative estimate of drug-likeness (QED) is 0.103. The van der Waals surface area contributed by atoms with Crippen LogP contribution in [0.4, 0.5) is 0 Å². The molecule has 0 saturated carbocycles. The number of carbonyl (C=O) groups excluding carboxylic acids is 1. The van der Waals surface area contributed by atoms with E-state index in [1.807, 2.05) is 0 Å². The number of aliphatic hydroxyl groups is 10. The topological polar surface area (TPSA) is 293 Å². The van der Waals surface area contributed by atoms with Gasteiger partial charge in [-0.15, -0.1) is 0 Å². The van der Waals surface area contributed by atoms with Crippen molar-refractivity contribution >= 4 is 5.97 Å². The Morgan fingerprint density at radius 2 is 1.18 bits per heavy atom. The van der Waals surface area contributed by atoms with Crippen LogP contribution in [0.2, 0.25) is 0 Å². The van der Waals surface area contributed by atoms with E-state index in [-0.39, 0.29) is 6.42 Å². The van der Waals surface area contributed by atoms with E-state index in [9.17, 15) is 55.9 Å². The van der Waals surface area contributed by atoms with Crippen molar-refractivity contribution in [3.8, 4) is 0 Å². The third kappa shape index (κ3) is 7.92. The molecule has 10 N–H and O–H groups in total. The summed E-state index contributed by atoms with van der Waals surface area (Å²) in [7, 11) is 0. The first kappa shape index (κ1) is 36.6. The highest BCUT2D eigenvalue weighted by atomic mass is 16.8. The Labute approximate surface area is 257 Å². The highest BCUT2D eigenvalue weighted by Crippen LogP contribution is 2.34. The first-order chi connectivity index (χ1) is 21.2. The number of hydrogen-bond acceptors (Lipinski definition) is 19. The van der Waals surface area contributed by atoms with Crippen LogP contribution in [0.15, 0.2) is 0 Å². The van der Waals surface area contributed by atoms with Crippen molar-refractivity contribution in [2.24, 2.45) is 0 Å². The standard InChI is InChI=1S/C26H44O19/c1-7-10(30)4-11(40-9(3)29)24(38-7)45-22-14(31)12(5-27)42-26(19(22)36)43-20-8(2)39-25(18(35)16(20)33)44-21-13(6-28)41-23(37)17(34)15(21)32/h7-8,10-28,30-37H,4-6H2,1-3H3/t7-,8+,10-,11-,12-,13-,14-,15-,16+,17-,18-,19+,20+,21+,22+,23?,24-,25-,26-/m1/s1. The molecular formula is C26H44O19. The second kappa shape index (κ2) is 15.3. The van der Waals surface area contributed by atoms with Gasteiger partial charge in [-0.1, -0.05) is 0 Å². The van der Waals surface area contributed by atoms with Crippen LogP contribution in [0.3, 0.4) is 0 Å². The van der Waals surface area contributed by atoms with Gasteiger partial charge in [0.1, 0.15) is 67.1 Å². The Hall–Kier alpha value is -1.21. The van der Waals surface area contributed by atoms with Gasteiger partial charge in [0.05, 0.1) is 31.5 Å². The Morgan fingerprint density at radius 1 is 0.622 bits per heavy atom. The first-order valence-corrected chi connectivity index (χ1v) is 14.6. The molecule has 4 aliphatic rings. The van der Waals surface area contributed by atoms with Gasteiger partial charge < -0.3 is 89.0 Å². The highest BCUT2D eigenvalue weighted by molar-refractivity contribution is 5.66. The monoisotopic (exact) mass is 660 g/mol. The maximum Gasteiger partial charge on any atom is 0.303 e. The molecule has 45 heavy (non-hydrogen) atoms. The number of esters is 1. The molecule has 19 nitrogen and oxygen atoms in total. The van der Waals surface area contributed by atoms with Gasteiger partial charge in [0.25, 0.3) is 0 Å². The van der Waals surface area contributed by atoms with Crippen molar-refractivity contribution in [3.05, 3.63) is 0 Å². The average molecular weight is 661 g/mol. The summed E-state index contributed by atoms with van der Waals surface area (Å²) in [6.07, 6.45) is -28.6. The van der Waals surface area contributed by atoms with Crippen molar-refractivity contribution in [1.82, 2.24) is 0 Å². The molecule has 19 atom stereocenters. The SMILES string of the molecule is CC(=O)O[C@@H]1C[C@@H](O)[C@@H](C)O[C@@H]1O[C@@H]1[C@H](O)[C@@H](O[C@@H]2[C@@H](O)[C@@H](O)[C@@H](O[C@@H]3[C@H](O)[C@@H](O)C(O)O[C@@H]3CO)O[C@H]2C)O[C@H](CO)[C@H]1O. The van der Waals surface area contributed by atoms with Crippen LogP contribution in [0.5, 0.6) is 0 Å². The van der Waals surface area contributed by atoms with E-state index in [0.717, 1.165) is 6.92 Å². The molecular weight excluding hydrogens is 616 g/mol. The van der Waals surface area contributed by atoms with E-state index >= 15 is 0 Å². The Kier molecular flexibility index (Phi) is 12.5. The van der Waals surface area contributed by atoms with Crippen molar-refractivity contribution < 1.29 is 93.8 Å². The minimum atomic E-state index is -1.87. The zero-order valence-electron chi connectivity index (χ0n) is 24.7. The molecule has 4 rings (SSSR count). The molecule has 4 heterocycles. The van der Waals surface area contributed by atoms with E-state index < -0.39 is 136 Å². The highest BCUT2D eigenvalue weighted by Gasteiger charge is 2.54. The molecule has 0 aromatic heterocycles. The molecule has 262 valence electrons. The minimum absolute atomic E-state index is 0.0724. The van der Waals surface area contributed by atoms with E-state index in [0.29, 0.717) is 0 Å². The van der Waals surface area contributed by atoms with Crippen LogP contribution < -0.4 is 0 Å². The lowest BCUT2D eigenvalue weighted by Crippen LogP contribution is -2.66. The number of carbonyl (C=O) groups is 1. The zero-order valence-corrected chi connectivity index (χ0v) is 24.7. The molecule has 0 bridgehead atoms. The van der Waals surface area contributed by atoms with Gasteiger partial charge in [-0.2, -0.15) is 0 Å². The summed E-state index contributed by atoms with van der Waals surface area (Å²) in [4.78, 5) is 11.6. The van der Waals surface area contributed by atoms with Gasteiger partial charge in [0.2, 0.25) is 0 Å². The Bertz CT molecular complexity index is 957. The molecule has 0 radical (unpaired) electrons. The summed E-state index contributed by atoms with van der Waals surface area (Å²) in [6, 6.07) is 0. The van der Waals surface area contributed by atoms with Crippen molar-refractivity contribution in [2.75, 3.05) is 13.2 Å². The van der Waals surface area contributed by atoms with Gasteiger partial charge >= 0.3 is 5.97 Å². The van der Waals surface area contributed by atoms with Gasteiger partial charge in [-0.25, -0.2) is 0 Å². The van der Waals surface area contributed by atoms with Crippen LogP contribution in [-0.4, -0.2) is 187 Å². The minimum Gasteiger partial charge on any atom is -0.457 e. The van der Waals surface area contributed by atoms with E-state index in [4.69, 9.17) is 37.9 Å². The molecule has 0 aliphatic carbocycles. The van der Waals surface area contributed by atoms with Gasteiger partial charge in [0, 0.05) is 13.3 Å². The van der Waals surface area contributed by atoms with E-state index in [1.165, 1.54) is 13.8 Å². The van der Waals surface area contributed by atoms with E-state index in [1.54, 1.807) is 0 Å². The van der Waals surface area contributed by atoms with E-state index in [2.05, 4.69) is 0 Å². The normalized spacial score (nSPS) is 51.1. The number of aliphatic hydroxyl groups excluding tert-OH is 10. The van der Waals surface area contributed by atoms with Crippen LogP contribution >= 0.6 is 0 Å². The number of rotatable bonds is 9. The molecule has 4 saturated heterocycles. The third-order valence-electron chi connectivity index (χ3n) is 8.30. The van der Waals surface area contributed by atoms with Gasteiger partial charge in [0.15, 0.2) is 31.3 Å². The average Bonchev–Trinajstić information content (AvgIpc) is 2.99. The van der Waals surface area contributed by atoms with Crippen molar-refractivity contribution in [3.63, 3.8) is 0 Å². The number of hydrogen-bond donors (Lipinski definition) is 10. The van der Waals surface area contributed by atoms with Crippen molar-refractivity contribution in [1.29, 1.82) is 0 Å². The molecule has 4 aliphatic heterocycles. The third-order valence-corrected chi connectivity index (χ3v) is 8.30. The molecule has 0 amide bonds. The molecule has 1 unspecified atom stereocenters. The summed E-state index contributed by atoms with van der Waals surface area (Å²) in [5.74, 6) is -0.700. The lowest BCUT2D eigenvalue weighted by molar-refractivity contribution is -0.383. The summed E-state index contributed by atoms with van der Waals surface area (Å²) >= 11 is 0. The van der Waals surface area contributed by atoms with Crippen LogP contribution in [0.1, 0.15) is 27.2 Å². The molecule has 0 aromatic carbocycles. The van der Waals surface area contributed by atoms with Crippen LogP contribution in [0.25, 0.3) is 0 Å². The summed E-state index contributed by atoms with van der Waals surface area (Å²) in [6.45, 7) is 2.56. The van der Waals surface area contributed by atoms with Gasteiger partial charge in [-0.05, 0) is 13.8 Å². The largest absolute Gasteiger partial charge is 0.457 e. The fourth-order valence-corrected chi connectivity index (χ4v) is 5.70. The van der Waals surface area contributed by atoms with Crippen LogP contribution in [0, 0.1) is 0 Å². The molecule has 19 heteroatoms. The smallest absolute Gasteiger partial charge is 0.303 e. The predicted octanol–water partition coefficient (Wildman–Crippen LogP) is -6.09. The molecule has 0 spiro atoms. The molecule has 4 fully saturated rings. The lowest BCUT2D eigenvalue weighted by Gasteiger charge is -2.48. The summed E-state index contributed by atoms with van der Waals surface area (Å²) in [5, 5.41) is 103. The fraction of sp³-hybridized carbons (Fsp3) is 0.962. The summed E-state index contributed by atoms with van der Waals surface area (Å²) < 4.78 is 44.2. The van der Waals surface area contributed by atoms with Crippen LogP contribution in [-0.2, 0) is 42.7 Å². The Morgan fingerprint density at radius 3 is 1.80 bits per heavy atom. The maximum atomic E-state index is 11.6. The zero-order chi connectivity index (χ0) is 33.3. The molecule has 0 aromatic rings. The number of ether oxygens (including phenoxy) is 8. The predicted molar refractivity (Wildman–Crippen MR) is 139 cm³/mol. The fourth-order valence-electron chi connectivity index (χ4n) is 5.70. The van der Waals surface area contributed by atoms with Crippen molar-refractivity contribution in [2.45, 2.75) is 144 Å². The maximum absolute atomic E-state index is 11.6. The second-order valence-corrected chi connectivity index (χ2v) is 11.6. The first-order valence-electron chi connectivity index (χ1n) is 14.6. The Balaban J connectivity index is 1.46.